The van der Waals surface area contributed by atoms with E-state index >= 15 is 0 Å². The van der Waals surface area contributed by atoms with Crippen molar-refractivity contribution in [3.8, 4) is 0 Å². The zero-order valence-electron chi connectivity index (χ0n) is 6.88. The van der Waals surface area contributed by atoms with Crippen LogP contribution >= 0.6 is 0 Å². The highest BCUT2D eigenvalue weighted by Gasteiger charge is 2.20. The van der Waals surface area contributed by atoms with E-state index in [-0.39, 0.29) is 0 Å². The van der Waals surface area contributed by atoms with E-state index in [9.17, 15) is 18.0 Å². The van der Waals surface area contributed by atoms with Crippen molar-refractivity contribution < 1.29 is 23.1 Å². The van der Waals surface area contributed by atoms with Gasteiger partial charge in [0.05, 0.1) is 12.4 Å². The molecule has 0 saturated carbocycles. The maximum Gasteiger partial charge on any atom is 0.338 e. The third-order valence-corrected chi connectivity index (χ3v) is 1.60. The summed E-state index contributed by atoms with van der Waals surface area (Å²) < 4.78 is 38.2. The average Bonchev–Trinajstić information content (AvgIpc) is 2.11. The van der Waals surface area contributed by atoms with Gasteiger partial charge in [0.1, 0.15) is 11.6 Å². The third-order valence-electron chi connectivity index (χ3n) is 1.60. The number of carboxylic acid groups (broad SMARTS) is 1. The minimum absolute atomic E-state index is 0.602. The Balaban J connectivity index is 2.91. The zero-order chi connectivity index (χ0) is 10.7. The molecule has 0 fully saturated rings. The summed E-state index contributed by atoms with van der Waals surface area (Å²) in [4.78, 5) is 13.3. The molecule has 0 aliphatic heterocycles. The number of hydrogen-bond donors (Lipinski definition) is 1. The molecule has 14 heavy (non-hydrogen) atoms. The van der Waals surface area contributed by atoms with Gasteiger partial charge in [-0.3, -0.25) is 4.98 Å². The van der Waals surface area contributed by atoms with Crippen molar-refractivity contribution in [2.75, 3.05) is 0 Å². The predicted octanol–water partition coefficient (Wildman–Crippen LogP) is 1.32. The normalized spacial score (nSPS) is 12.5. The van der Waals surface area contributed by atoms with Crippen LogP contribution in [0.25, 0.3) is 0 Å². The maximum absolute atomic E-state index is 12.8. The van der Waals surface area contributed by atoms with Crippen LogP contribution in [0, 0.1) is 11.6 Å². The fourth-order valence-electron chi connectivity index (χ4n) is 0.900. The second-order valence-electron chi connectivity index (χ2n) is 2.59. The van der Waals surface area contributed by atoms with Gasteiger partial charge in [-0.15, -0.1) is 0 Å². The smallest absolute Gasteiger partial charge is 0.338 e. The molecule has 0 aliphatic rings. The number of halogens is 3. The van der Waals surface area contributed by atoms with E-state index in [0.717, 1.165) is 0 Å². The van der Waals surface area contributed by atoms with Gasteiger partial charge in [0.25, 0.3) is 0 Å². The number of pyridine rings is 1. The SMILES string of the molecule is O=C(O)C(F)Cc1c(F)cncc1F. The summed E-state index contributed by atoms with van der Waals surface area (Å²) in [6, 6.07) is 0. The van der Waals surface area contributed by atoms with Gasteiger partial charge < -0.3 is 5.11 Å². The number of aromatic nitrogens is 1. The lowest BCUT2D eigenvalue weighted by Gasteiger charge is -2.04. The van der Waals surface area contributed by atoms with Gasteiger partial charge in [-0.05, 0) is 0 Å². The lowest BCUT2D eigenvalue weighted by atomic mass is 10.1. The molecule has 0 bridgehead atoms. The van der Waals surface area contributed by atoms with E-state index in [1.54, 1.807) is 0 Å². The number of carbonyl (C=O) groups is 1. The first kappa shape index (κ1) is 10.5. The number of hydrogen-bond acceptors (Lipinski definition) is 2. The Morgan fingerprint density at radius 3 is 2.36 bits per heavy atom. The lowest BCUT2D eigenvalue weighted by molar-refractivity contribution is -0.142. The minimum Gasteiger partial charge on any atom is -0.479 e. The number of carboxylic acids is 1. The molecule has 0 radical (unpaired) electrons. The van der Waals surface area contributed by atoms with Gasteiger partial charge in [-0.25, -0.2) is 18.0 Å². The lowest BCUT2D eigenvalue weighted by Crippen LogP contribution is -2.18. The van der Waals surface area contributed by atoms with Crippen LogP contribution in [0.5, 0.6) is 0 Å². The van der Waals surface area contributed by atoms with Crippen molar-refractivity contribution in [3.05, 3.63) is 29.6 Å². The van der Waals surface area contributed by atoms with Crippen molar-refractivity contribution >= 4 is 5.97 Å². The molecule has 0 aliphatic carbocycles. The van der Waals surface area contributed by atoms with Gasteiger partial charge in [-0.1, -0.05) is 0 Å². The highest BCUT2D eigenvalue weighted by molar-refractivity contribution is 5.72. The quantitative estimate of drug-likeness (QED) is 0.809. The largest absolute Gasteiger partial charge is 0.479 e. The highest BCUT2D eigenvalue weighted by Crippen LogP contribution is 2.14. The van der Waals surface area contributed by atoms with Crippen LogP contribution in [0.1, 0.15) is 5.56 Å². The Labute approximate surface area is 77.2 Å². The van der Waals surface area contributed by atoms with Crippen molar-refractivity contribution in [2.45, 2.75) is 12.6 Å². The molecule has 1 heterocycles. The van der Waals surface area contributed by atoms with Crippen LogP contribution in [0.3, 0.4) is 0 Å². The molecule has 1 N–H and O–H groups in total. The Kier molecular flexibility index (Phi) is 3.06. The average molecular weight is 205 g/mol. The fourth-order valence-corrected chi connectivity index (χ4v) is 0.900. The van der Waals surface area contributed by atoms with Crippen LogP contribution in [-0.4, -0.2) is 22.2 Å². The summed E-state index contributed by atoms with van der Waals surface area (Å²) in [5.74, 6) is -3.84. The number of aliphatic carboxylic acids is 1. The van der Waals surface area contributed by atoms with Crippen LogP contribution < -0.4 is 0 Å². The summed E-state index contributed by atoms with van der Waals surface area (Å²) in [7, 11) is 0. The standard InChI is InChI=1S/C8H6F3NO2/c9-5(8(13)14)1-4-6(10)2-12-3-7(4)11/h2-3,5H,1H2,(H,13,14). The Hall–Kier alpha value is -1.59. The Morgan fingerprint density at radius 2 is 1.93 bits per heavy atom. The maximum atomic E-state index is 12.8. The molecule has 0 amide bonds. The third kappa shape index (κ3) is 2.21. The van der Waals surface area contributed by atoms with Crippen LogP contribution in [-0.2, 0) is 11.2 Å². The first-order valence-corrected chi connectivity index (χ1v) is 3.67. The summed E-state index contributed by atoms with van der Waals surface area (Å²) in [5, 5.41) is 8.19. The fraction of sp³-hybridized carbons (Fsp3) is 0.250. The molecular formula is C8H6F3NO2. The molecule has 1 rings (SSSR count). The topological polar surface area (TPSA) is 50.2 Å². The zero-order valence-corrected chi connectivity index (χ0v) is 6.88. The first-order chi connectivity index (χ1) is 6.52. The van der Waals surface area contributed by atoms with Gasteiger partial charge in [0, 0.05) is 12.0 Å². The summed E-state index contributed by atoms with van der Waals surface area (Å²) in [6.45, 7) is 0. The van der Waals surface area contributed by atoms with Crippen molar-refractivity contribution in [1.29, 1.82) is 0 Å². The molecule has 1 aromatic heterocycles. The predicted molar refractivity (Wildman–Crippen MR) is 40.4 cm³/mol. The number of alkyl halides is 1. The van der Waals surface area contributed by atoms with E-state index < -0.39 is 35.8 Å². The molecule has 3 nitrogen and oxygen atoms in total. The molecule has 0 spiro atoms. The molecule has 1 aromatic rings. The van der Waals surface area contributed by atoms with Crippen LogP contribution in [0.2, 0.25) is 0 Å². The second-order valence-corrected chi connectivity index (χ2v) is 2.59. The highest BCUT2D eigenvalue weighted by atomic mass is 19.1. The van der Waals surface area contributed by atoms with Gasteiger partial charge in [-0.2, -0.15) is 0 Å². The molecule has 76 valence electrons. The van der Waals surface area contributed by atoms with Crippen molar-refractivity contribution in [3.63, 3.8) is 0 Å². The van der Waals surface area contributed by atoms with Crippen LogP contribution in [0.15, 0.2) is 12.4 Å². The molecule has 0 saturated heterocycles. The van der Waals surface area contributed by atoms with Crippen LogP contribution in [0.4, 0.5) is 13.2 Å². The summed E-state index contributed by atoms with van der Waals surface area (Å²) >= 11 is 0. The van der Waals surface area contributed by atoms with Gasteiger partial charge in [0.15, 0.2) is 0 Å². The first-order valence-electron chi connectivity index (χ1n) is 3.67. The molecule has 0 aromatic carbocycles. The van der Waals surface area contributed by atoms with E-state index in [0.29, 0.717) is 12.4 Å². The summed E-state index contributed by atoms with van der Waals surface area (Å²) in [5.41, 5.74) is -0.602. The molecular weight excluding hydrogens is 199 g/mol. The van der Waals surface area contributed by atoms with E-state index in [2.05, 4.69) is 4.98 Å². The van der Waals surface area contributed by atoms with E-state index in [4.69, 9.17) is 5.11 Å². The number of nitrogens with zero attached hydrogens (tertiary/aromatic N) is 1. The van der Waals surface area contributed by atoms with Crippen molar-refractivity contribution in [2.24, 2.45) is 0 Å². The minimum atomic E-state index is -2.32. The molecule has 1 atom stereocenters. The van der Waals surface area contributed by atoms with E-state index in [1.165, 1.54) is 0 Å². The van der Waals surface area contributed by atoms with E-state index in [1.807, 2.05) is 0 Å². The number of rotatable bonds is 3. The Morgan fingerprint density at radius 1 is 1.43 bits per heavy atom. The van der Waals surface area contributed by atoms with Gasteiger partial charge >= 0.3 is 5.97 Å². The van der Waals surface area contributed by atoms with Crippen molar-refractivity contribution in [1.82, 2.24) is 4.98 Å². The Bertz CT molecular complexity index is 336. The molecule has 6 heteroatoms. The van der Waals surface area contributed by atoms with Gasteiger partial charge in [0.2, 0.25) is 6.17 Å². The molecule has 1 unspecified atom stereocenters. The second kappa shape index (κ2) is 4.08. The summed E-state index contributed by atoms with van der Waals surface area (Å²) in [6.07, 6.45) is -1.75. The monoisotopic (exact) mass is 205 g/mol.